The lowest BCUT2D eigenvalue weighted by atomic mass is 10.1. The van der Waals surface area contributed by atoms with Gasteiger partial charge in [-0.2, -0.15) is 4.98 Å². The van der Waals surface area contributed by atoms with Gasteiger partial charge in [-0.3, -0.25) is 14.7 Å². The van der Waals surface area contributed by atoms with Gasteiger partial charge in [-0.15, -0.1) is 0 Å². The molecule has 0 radical (unpaired) electrons. The minimum atomic E-state index is -0.0389. The van der Waals surface area contributed by atoms with Crippen molar-refractivity contribution in [3.05, 3.63) is 53.3 Å². The lowest BCUT2D eigenvalue weighted by molar-refractivity contribution is 0.0726. The van der Waals surface area contributed by atoms with Gasteiger partial charge in [-0.25, -0.2) is 4.98 Å². The lowest BCUT2D eigenvalue weighted by Crippen LogP contribution is -2.47. The van der Waals surface area contributed by atoms with Crippen LogP contribution in [0.25, 0.3) is 10.9 Å². The second-order valence-corrected chi connectivity index (χ2v) is 9.17. The number of nitrogens with one attached hydrogen (secondary N) is 1. The van der Waals surface area contributed by atoms with Crippen molar-refractivity contribution in [2.75, 3.05) is 49.5 Å². The van der Waals surface area contributed by atoms with Crippen molar-refractivity contribution in [2.24, 2.45) is 0 Å². The van der Waals surface area contributed by atoms with Crippen molar-refractivity contribution in [1.82, 2.24) is 24.8 Å². The summed E-state index contributed by atoms with van der Waals surface area (Å²) in [6.45, 7) is 9.12. The fourth-order valence-electron chi connectivity index (χ4n) is 4.59. The Morgan fingerprint density at radius 3 is 2.68 bits per heavy atom. The van der Waals surface area contributed by atoms with Crippen molar-refractivity contribution >= 4 is 28.6 Å². The van der Waals surface area contributed by atoms with Crippen LogP contribution in [0.4, 0.5) is 11.8 Å². The standard InChI is InChI=1S/C25H31N7O2/c1-17(2)32-16-20-22(24(32)34)28-25(31-9-7-30(8-10-31)11-12-33)29-23(20)27-15-18-13-19-5-3-4-6-21(19)26-14-18/h3-6,13-14,17,33H,7-12,15-16H2,1-2H3,(H,27,28,29). The quantitative estimate of drug-likeness (QED) is 0.552. The van der Waals surface area contributed by atoms with E-state index in [2.05, 4.69) is 32.2 Å². The SMILES string of the molecule is CC(C)N1Cc2c(NCc3cnc4ccccc4c3)nc(N3CCN(CCO)CC3)nc2C1=O. The molecule has 0 spiro atoms. The summed E-state index contributed by atoms with van der Waals surface area (Å²) in [5.41, 5.74) is 3.37. The highest BCUT2D eigenvalue weighted by Crippen LogP contribution is 2.31. The molecular weight excluding hydrogens is 430 g/mol. The van der Waals surface area contributed by atoms with Crippen LogP contribution in [0.2, 0.25) is 0 Å². The third-order valence-corrected chi connectivity index (χ3v) is 6.59. The maximum Gasteiger partial charge on any atom is 0.273 e. The van der Waals surface area contributed by atoms with E-state index in [4.69, 9.17) is 9.97 Å². The zero-order chi connectivity index (χ0) is 23.7. The first kappa shape index (κ1) is 22.5. The van der Waals surface area contributed by atoms with Crippen molar-refractivity contribution in [2.45, 2.75) is 33.0 Å². The van der Waals surface area contributed by atoms with Gasteiger partial charge < -0.3 is 20.2 Å². The predicted octanol–water partition coefficient (Wildman–Crippen LogP) is 2.12. The summed E-state index contributed by atoms with van der Waals surface area (Å²) >= 11 is 0. The van der Waals surface area contributed by atoms with Crippen LogP contribution < -0.4 is 10.2 Å². The summed E-state index contributed by atoms with van der Waals surface area (Å²) in [4.78, 5) is 33.5. The average molecular weight is 462 g/mol. The van der Waals surface area contributed by atoms with Crippen LogP contribution >= 0.6 is 0 Å². The molecule has 5 rings (SSSR count). The number of hydrogen-bond acceptors (Lipinski definition) is 8. The predicted molar refractivity (Wildman–Crippen MR) is 132 cm³/mol. The molecule has 2 aliphatic rings. The van der Waals surface area contributed by atoms with Crippen LogP contribution in [0, 0.1) is 0 Å². The van der Waals surface area contributed by atoms with Crippen LogP contribution in [0.3, 0.4) is 0 Å². The Hall–Kier alpha value is -3.30. The van der Waals surface area contributed by atoms with Gasteiger partial charge in [0.25, 0.3) is 5.91 Å². The molecular formula is C25H31N7O2. The Morgan fingerprint density at radius 2 is 1.91 bits per heavy atom. The molecule has 0 unspecified atom stereocenters. The number of pyridine rings is 1. The van der Waals surface area contributed by atoms with Gasteiger partial charge in [-0.1, -0.05) is 18.2 Å². The number of aliphatic hydroxyl groups is 1. The second-order valence-electron chi connectivity index (χ2n) is 9.17. The number of amides is 1. The summed E-state index contributed by atoms with van der Waals surface area (Å²) < 4.78 is 0. The fraction of sp³-hybridized carbons (Fsp3) is 0.440. The molecule has 0 aliphatic carbocycles. The highest BCUT2D eigenvalue weighted by atomic mass is 16.3. The Morgan fingerprint density at radius 1 is 1.12 bits per heavy atom. The molecule has 1 saturated heterocycles. The number of para-hydroxylation sites is 1. The van der Waals surface area contributed by atoms with Gasteiger partial charge in [0.05, 0.1) is 18.7 Å². The van der Waals surface area contributed by atoms with Crippen LogP contribution in [0.5, 0.6) is 0 Å². The second kappa shape index (κ2) is 9.52. The van der Waals surface area contributed by atoms with Gasteiger partial charge >= 0.3 is 0 Å². The molecule has 34 heavy (non-hydrogen) atoms. The van der Waals surface area contributed by atoms with Gasteiger partial charge in [0.1, 0.15) is 11.5 Å². The largest absolute Gasteiger partial charge is 0.395 e. The van der Waals surface area contributed by atoms with E-state index in [1.54, 1.807) is 0 Å². The number of carbonyl (C=O) groups is 1. The molecule has 0 atom stereocenters. The number of anilines is 2. The monoisotopic (exact) mass is 461 g/mol. The van der Waals surface area contributed by atoms with Crippen molar-refractivity contribution in [3.63, 3.8) is 0 Å². The number of β-amino-alcohol motifs (C(OH)–C–C–N with tert-alkyl or cyclic N) is 1. The number of aromatic nitrogens is 3. The number of aliphatic hydroxyl groups excluding tert-OH is 1. The Bertz CT molecular complexity index is 1190. The summed E-state index contributed by atoms with van der Waals surface area (Å²) in [5.74, 6) is 1.26. The molecule has 1 aromatic carbocycles. The third-order valence-electron chi connectivity index (χ3n) is 6.59. The summed E-state index contributed by atoms with van der Waals surface area (Å²) in [6, 6.07) is 10.3. The van der Waals surface area contributed by atoms with Crippen molar-refractivity contribution in [3.8, 4) is 0 Å². The number of benzene rings is 1. The molecule has 2 aliphatic heterocycles. The van der Waals surface area contributed by atoms with Crippen LogP contribution in [-0.2, 0) is 13.1 Å². The molecule has 2 aromatic heterocycles. The number of nitrogens with zero attached hydrogens (tertiary/aromatic N) is 6. The number of rotatable bonds is 7. The highest BCUT2D eigenvalue weighted by molar-refractivity contribution is 5.98. The molecule has 4 heterocycles. The van der Waals surface area contributed by atoms with Crippen molar-refractivity contribution < 1.29 is 9.90 Å². The molecule has 1 amide bonds. The van der Waals surface area contributed by atoms with E-state index in [0.29, 0.717) is 37.1 Å². The zero-order valence-corrected chi connectivity index (χ0v) is 19.7. The van der Waals surface area contributed by atoms with E-state index in [9.17, 15) is 9.90 Å². The Labute approximate surface area is 199 Å². The molecule has 9 nitrogen and oxygen atoms in total. The van der Waals surface area contributed by atoms with Gasteiger partial charge in [0.15, 0.2) is 0 Å². The van der Waals surface area contributed by atoms with Crippen molar-refractivity contribution in [1.29, 1.82) is 0 Å². The molecule has 178 valence electrons. The van der Waals surface area contributed by atoms with E-state index in [1.807, 2.05) is 43.1 Å². The fourth-order valence-corrected chi connectivity index (χ4v) is 4.59. The summed E-state index contributed by atoms with van der Waals surface area (Å²) in [7, 11) is 0. The van der Waals surface area contributed by atoms with Crippen LogP contribution in [0.1, 0.15) is 35.5 Å². The first-order valence-electron chi connectivity index (χ1n) is 11.9. The zero-order valence-electron chi connectivity index (χ0n) is 19.7. The van der Waals surface area contributed by atoms with E-state index >= 15 is 0 Å². The third kappa shape index (κ3) is 4.41. The number of carbonyl (C=O) groups excluding carboxylic acids is 1. The maximum atomic E-state index is 13.1. The van der Waals surface area contributed by atoms with Gasteiger partial charge in [0, 0.05) is 62.5 Å². The van der Waals surface area contributed by atoms with Crippen LogP contribution in [0.15, 0.2) is 36.5 Å². The van der Waals surface area contributed by atoms with E-state index in [0.717, 1.165) is 48.2 Å². The number of piperazine rings is 1. The molecule has 0 bridgehead atoms. The summed E-state index contributed by atoms with van der Waals surface area (Å²) in [6.07, 6.45) is 1.88. The topological polar surface area (TPSA) is 97.7 Å². The number of fused-ring (bicyclic) bond motifs is 2. The van der Waals surface area contributed by atoms with Gasteiger partial charge in [0.2, 0.25) is 5.95 Å². The summed E-state index contributed by atoms with van der Waals surface area (Å²) in [5, 5.41) is 13.8. The van der Waals surface area contributed by atoms with E-state index in [-0.39, 0.29) is 18.6 Å². The molecule has 9 heteroatoms. The smallest absolute Gasteiger partial charge is 0.273 e. The van der Waals surface area contributed by atoms with E-state index < -0.39 is 0 Å². The Kier molecular flexibility index (Phi) is 6.30. The average Bonchev–Trinajstić information content (AvgIpc) is 3.20. The van der Waals surface area contributed by atoms with Gasteiger partial charge in [-0.05, 0) is 31.5 Å². The molecule has 2 N–H and O–H groups in total. The first-order valence-corrected chi connectivity index (χ1v) is 11.9. The number of hydrogen-bond donors (Lipinski definition) is 2. The Balaban J connectivity index is 1.42. The minimum absolute atomic E-state index is 0.0389. The molecule has 0 saturated carbocycles. The van der Waals surface area contributed by atoms with Crippen LogP contribution in [-0.4, -0.2) is 81.1 Å². The van der Waals surface area contributed by atoms with E-state index in [1.165, 1.54) is 0 Å². The first-order chi connectivity index (χ1) is 16.5. The minimum Gasteiger partial charge on any atom is -0.395 e. The highest BCUT2D eigenvalue weighted by Gasteiger charge is 2.35. The molecule has 1 fully saturated rings. The lowest BCUT2D eigenvalue weighted by Gasteiger charge is -2.34. The molecule has 3 aromatic rings. The normalized spacial score (nSPS) is 16.5. The maximum absolute atomic E-state index is 13.1.